The molecule has 2 heterocycles. The number of benzene rings is 1. The lowest BCUT2D eigenvalue weighted by Crippen LogP contribution is -2.53. The number of nitrogens with zero attached hydrogens (tertiary/aromatic N) is 2. The summed E-state index contributed by atoms with van der Waals surface area (Å²) in [7, 11) is 0. The van der Waals surface area contributed by atoms with E-state index in [9.17, 15) is 9.59 Å². The van der Waals surface area contributed by atoms with Crippen LogP contribution in [0.2, 0.25) is 5.02 Å². The Balaban J connectivity index is 1.45. The molecule has 0 saturated carbocycles. The van der Waals surface area contributed by atoms with E-state index in [0.717, 1.165) is 17.7 Å². The zero-order valence-corrected chi connectivity index (χ0v) is 15.0. The maximum atomic E-state index is 12.3. The molecule has 1 unspecified atom stereocenters. The fraction of sp³-hybridized carbons (Fsp3) is 0.529. The fourth-order valence-electron chi connectivity index (χ4n) is 2.94. The third-order valence-electron chi connectivity index (χ3n) is 4.34. The van der Waals surface area contributed by atoms with Crippen LogP contribution in [0, 0.1) is 0 Å². The molecule has 0 N–H and O–H groups in total. The van der Waals surface area contributed by atoms with Gasteiger partial charge in [0.2, 0.25) is 5.91 Å². The van der Waals surface area contributed by atoms with E-state index in [1.807, 2.05) is 34.1 Å². The Kier molecular flexibility index (Phi) is 6.03. The summed E-state index contributed by atoms with van der Waals surface area (Å²) in [6.07, 6.45) is 1.49. The Hall–Kier alpha value is -1.24. The molecular formula is C17H21ClN2O3S. The average Bonchev–Trinajstić information content (AvgIpc) is 3.15. The number of hydrogen-bond acceptors (Lipinski definition) is 4. The van der Waals surface area contributed by atoms with Crippen molar-refractivity contribution < 1.29 is 14.3 Å². The first-order valence-electron chi connectivity index (χ1n) is 8.20. The molecule has 2 fully saturated rings. The van der Waals surface area contributed by atoms with Gasteiger partial charge in [0.1, 0.15) is 6.10 Å². The zero-order chi connectivity index (χ0) is 16.9. The lowest BCUT2D eigenvalue weighted by Gasteiger charge is -2.35. The van der Waals surface area contributed by atoms with Crippen molar-refractivity contribution in [3.05, 3.63) is 29.3 Å². The maximum Gasteiger partial charge on any atom is 0.251 e. The van der Waals surface area contributed by atoms with Crippen molar-refractivity contribution >= 4 is 35.2 Å². The Morgan fingerprint density at radius 3 is 2.54 bits per heavy atom. The minimum absolute atomic E-state index is 0.0741. The third-order valence-corrected chi connectivity index (χ3v) is 5.84. The molecule has 2 aliphatic heterocycles. The molecule has 0 aliphatic carbocycles. The Bertz CT molecular complexity index is 599. The van der Waals surface area contributed by atoms with Crippen LogP contribution in [-0.2, 0) is 14.3 Å². The van der Waals surface area contributed by atoms with Gasteiger partial charge in [-0.15, -0.1) is 11.8 Å². The molecule has 1 atom stereocenters. The number of ether oxygens (including phenoxy) is 1. The molecule has 2 aliphatic rings. The van der Waals surface area contributed by atoms with Crippen LogP contribution < -0.4 is 0 Å². The van der Waals surface area contributed by atoms with Crippen LogP contribution in [0.15, 0.2) is 29.2 Å². The van der Waals surface area contributed by atoms with Crippen LogP contribution in [0.1, 0.15) is 12.8 Å². The highest BCUT2D eigenvalue weighted by atomic mass is 35.5. The van der Waals surface area contributed by atoms with Crippen LogP contribution in [0.5, 0.6) is 0 Å². The molecular weight excluding hydrogens is 348 g/mol. The summed E-state index contributed by atoms with van der Waals surface area (Å²) in [6.45, 7) is 3.01. The summed E-state index contributed by atoms with van der Waals surface area (Å²) >= 11 is 7.56. The first kappa shape index (κ1) is 17.6. The fourth-order valence-corrected chi connectivity index (χ4v) is 4.09. The van der Waals surface area contributed by atoms with Crippen molar-refractivity contribution in [2.45, 2.75) is 23.8 Å². The van der Waals surface area contributed by atoms with Crippen LogP contribution in [-0.4, -0.2) is 66.3 Å². The molecule has 5 nitrogen and oxygen atoms in total. The summed E-state index contributed by atoms with van der Waals surface area (Å²) in [6, 6.07) is 7.52. The van der Waals surface area contributed by atoms with Gasteiger partial charge in [-0.25, -0.2) is 0 Å². The van der Waals surface area contributed by atoms with Gasteiger partial charge in [-0.2, -0.15) is 0 Å². The molecule has 0 aromatic heterocycles. The number of carbonyl (C=O) groups is 2. The van der Waals surface area contributed by atoms with Gasteiger partial charge in [-0.1, -0.05) is 23.7 Å². The molecule has 3 rings (SSSR count). The zero-order valence-electron chi connectivity index (χ0n) is 13.4. The second-order valence-electron chi connectivity index (χ2n) is 5.93. The van der Waals surface area contributed by atoms with Gasteiger partial charge in [-0.05, 0) is 25.0 Å². The van der Waals surface area contributed by atoms with Gasteiger partial charge < -0.3 is 14.5 Å². The van der Waals surface area contributed by atoms with E-state index < -0.39 is 0 Å². The van der Waals surface area contributed by atoms with Gasteiger partial charge in [0, 0.05) is 37.7 Å². The lowest BCUT2D eigenvalue weighted by molar-refractivity contribution is -0.145. The Morgan fingerprint density at radius 2 is 1.88 bits per heavy atom. The SMILES string of the molecule is O=C(CSc1ccccc1Cl)N1CCN(C(=O)C2CCCO2)CC1. The van der Waals surface area contributed by atoms with Gasteiger partial charge >= 0.3 is 0 Å². The topological polar surface area (TPSA) is 49.9 Å². The summed E-state index contributed by atoms with van der Waals surface area (Å²) in [5.41, 5.74) is 0. The van der Waals surface area contributed by atoms with E-state index >= 15 is 0 Å². The molecule has 130 valence electrons. The van der Waals surface area contributed by atoms with Crippen LogP contribution in [0.4, 0.5) is 0 Å². The van der Waals surface area contributed by atoms with Gasteiger partial charge in [0.15, 0.2) is 0 Å². The molecule has 2 saturated heterocycles. The minimum Gasteiger partial charge on any atom is -0.368 e. The monoisotopic (exact) mass is 368 g/mol. The number of halogens is 1. The highest BCUT2D eigenvalue weighted by molar-refractivity contribution is 8.00. The van der Waals surface area contributed by atoms with Crippen molar-refractivity contribution in [1.82, 2.24) is 9.80 Å². The highest BCUT2D eigenvalue weighted by Crippen LogP contribution is 2.26. The first-order chi connectivity index (χ1) is 11.6. The van der Waals surface area contributed by atoms with Crippen molar-refractivity contribution in [2.24, 2.45) is 0 Å². The van der Waals surface area contributed by atoms with E-state index in [4.69, 9.17) is 16.3 Å². The molecule has 24 heavy (non-hydrogen) atoms. The molecule has 0 spiro atoms. The number of hydrogen-bond donors (Lipinski definition) is 0. The molecule has 7 heteroatoms. The smallest absolute Gasteiger partial charge is 0.251 e. The van der Waals surface area contributed by atoms with Gasteiger partial charge in [0.25, 0.3) is 5.91 Å². The van der Waals surface area contributed by atoms with Crippen molar-refractivity contribution in [3.8, 4) is 0 Å². The Labute approximate surface area is 151 Å². The molecule has 0 radical (unpaired) electrons. The summed E-state index contributed by atoms with van der Waals surface area (Å²) in [5.74, 6) is 0.526. The first-order valence-corrected chi connectivity index (χ1v) is 9.57. The second-order valence-corrected chi connectivity index (χ2v) is 7.35. The number of rotatable bonds is 4. The van der Waals surface area contributed by atoms with Crippen LogP contribution >= 0.6 is 23.4 Å². The average molecular weight is 369 g/mol. The van der Waals surface area contributed by atoms with Gasteiger partial charge in [0.05, 0.1) is 10.8 Å². The lowest BCUT2D eigenvalue weighted by atomic mass is 10.2. The van der Waals surface area contributed by atoms with E-state index in [1.54, 1.807) is 0 Å². The minimum atomic E-state index is -0.275. The molecule has 1 aromatic carbocycles. The Morgan fingerprint density at radius 1 is 1.17 bits per heavy atom. The van der Waals surface area contributed by atoms with E-state index in [-0.39, 0.29) is 17.9 Å². The van der Waals surface area contributed by atoms with Crippen molar-refractivity contribution in [1.29, 1.82) is 0 Å². The van der Waals surface area contributed by atoms with E-state index in [0.29, 0.717) is 43.6 Å². The van der Waals surface area contributed by atoms with E-state index in [2.05, 4.69) is 0 Å². The summed E-state index contributed by atoms with van der Waals surface area (Å²) in [4.78, 5) is 29.2. The predicted molar refractivity (Wildman–Crippen MR) is 94.3 cm³/mol. The predicted octanol–water partition coefficient (Wildman–Crippen LogP) is 2.28. The molecule has 0 bridgehead atoms. The van der Waals surface area contributed by atoms with Crippen molar-refractivity contribution in [3.63, 3.8) is 0 Å². The quantitative estimate of drug-likeness (QED) is 0.765. The number of thioether (sulfide) groups is 1. The van der Waals surface area contributed by atoms with E-state index in [1.165, 1.54) is 11.8 Å². The highest BCUT2D eigenvalue weighted by Gasteiger charge is 2.31. The van der Waals surface area contributed by atoms with Gasteiger partial charge in [-0.3, -0.25) is 9.59 Å². The van der Waals surface area contributed by atoms with Crippen LogP contribution in [0.25, 0.3) is 0 Å². The summed E-state index contributed by atoms with van der Waals surface area (Å²) < 4.78 is 5.45. The third kappa shape index (κ3) is 4.23. The number of carbonyl (C=O) groups excluding carboxylic acids is 2. The maximum absolute atomic E-state index is 12.3. The standard InChI is InChI=1S/C17H21ClN2O3S/c18-13-4-1-2-6-15(13)24-12-16(21)19-7-9-20(10-8-19)17(22)14-5-3-11-23-14/h1-2,4,6,14H,3,5,7-12H2. The molecule has 2 amide bonds. The number of amides is 2. The van der Waals surface area contributed by atoms with Crippen LogP contribution in [0.3, 0.4) is 0 Å². The summed E-state index contributed by atoms with van der Waals surface area (Å²) in [5, 5.41) is 0.669. The normalized spacial score (nSPS) is 21.1. The largest absolute Gasteiger partial charge is 0.368 e. The number of piperazine rings is 1. The second kappa shape index (κ2) is 8.23. The molecule has 1 aromatic rings. The van der Waals surface area contributed by atoms with Crippen molar-refractivity contribution in [2.75, 3.05) is 38.5 Å².